The van der Waals surface area contributed by atoms with Gasteiger partial charge in [0.1, 0.15) is 0 Å². The van der Waals surface area contributed by atoms with Gasteiger partial charge in [-0.05, 0) is 106 Å². The number of benzene rings is 8. The summed E-state index contributed by atoms with van der Waals surface area (Å²) < 4.78 is 0. The summed E-state index contributed by atoms with van der Waals surface area (Å²) in [7, 11) is 0. The lowest BCUT2D eigenvalue weighted by molar-refractivity contribution is 0.660. The Morgan fingerprint density at radius 2 is 0.911 bits per heavy atom. The van der Waals surface area contributed by atoms with Crippen LogP contribution >= 0.6 is 0 Å². The smallest absolute Gasteiger partial charge is 0.0159 e. The van der Waals surface area contributed by atoms with E-state index in [1.54, 1.807) is 0 Å². The van der Waals surface area contributed by atoms with Crippen molar-refractivity contribution in [2.45, 2.75) is 19.3 Å². The monoisotopic (exact) mass is 572 g/mol. The van der Waals surface area contributed by atoms with Crippen LogP contribution in [0.2, 0.25) is 0 Å². The van der Waals surface area contributed by atoms with Crippen LogP contribution in [-0.2, 0) is 5.41 Å². The Morgan fingerprint density at radius 1 is 0.333 bits per heavy atom. The van der Waals surface area contributed by atoms with E-state index < -0.39 is 0 Å². The summed E-state index contributed by atoms with van der Waals surface area (Å²) in [5, 5.41) is 7.65. The van der Waals surface area contributed by atoms with Gasteiger partial charge in [-0.2, -0.15) is 0 Å². The van der Waals surface area contributed by atoms with Gasteiger partial charge in [0.15, 0.2) is 0 Å². The molecule has 0 unspecified atom stereocenters. The Morgan fingerprint density at radius 3 is 1.73 bits per heavy atom. The molecule has 1 aliphatic carbocycles. The molecule has 0 saturated heterocycles. The summed E-state index contributed by atoms with van der Waals surface area (Å²) in [4.78, 5) is 0. The molecule has 1 aliphatic rings. The van der Waals surface area contributed by atoms with Crippen molar-refractivity contribution in [1.82, 2.24) is 0 Å². The van der Waals surface area contributed by atoms with E-state index in [2.05, 4.69) is 172 Å². The summed E-state index contributed by atoms with van der Waals surface area (Å²) in [6.45, 7) is 4.72. The van der Waals surface area contributed by atoms with Gasteiger partial charge in [-0.15, -0.1) is 0 Å². The summed E-state index contributed by atoms with van der Waals surface area (Å²) >= 11 is 0. The molecular formula is C45H32. The number of hydrogen-bond donors (Lipinski definition) is 0. The fourth-order valence-electron chi connectivity index (χ4n) is 7.81. The molecule has 0 nitrogen and oxygen atoms in total. The maximum Gasteiger partial charge on any atom is 0.0159 e. The van der Waals surface area contributed by atoms with Crippen LogP contribution in [0.4, 0.5) is 0 Å². The van der Waals surface area contributed by atoms with Gasteiger partial charge in [0.2, 0.25) is 0 Å². The second-order valence-corrected chi connectivity index (χ2v) is 12.9. The largest absolute Gasteiger partial charge is 0.0622 e. The molecule has 0 spiro atoms. The van der Waals surface area contributed by atoms with Gasteiger partial charge in [0.05, 0.1) is 0 Å². The third-order valence-corrected chi connectivity index (χ3v) is 10.0. The van der Waals surface area contributed by atoms with Crippen molar-refractivity contribution in [1.29, 1.82) is 0 Å². The summed E-state index contributed by atoms with van der Waals surface area (Å²) in [6.07, 6.45) is 0. The Hall–Kier alpha value is -5.46. The molecule has 0 radical (unpaired) electrons. The Labute approximate surface area is 264 Å². The molecular weight excluding hydrogens is 540 g/mol. The van der Waals surface area contributed by atoms with E-state index in [4.69, 9.17) is 0 Å². The first kappa shape index (κ1) is 26.0. The van der Waals surface area contributed by atoms with E-state index >= 15 is 0 Å². The molecule has 0 aliphatic heterocycles. The molecule has 0 bridgehead atoms. The topological polar surface area (TPSA) is 0 Å². The maximum atomic E-state index is 2.44. The average Bonchev–Trinajstić information content (AvgIpc) is 3.32. The molecule has 0 aromatic heterocycles. The zero-order valence-electron chi connectivity index (χ0n) is 25.5. The highest BCUT2D eigenvalue weighted by Crippen LogP contribution is 2.50. The lowest BCUT2D eigenvalue weighted by Crippen LogP contribution is -2.14. The van der Waals surface area contributed by atoms with Gasteiger partial charge < -0.3 is 0 Å². The SMILES string of the molecule is CC1(C)c2ccccc2-c2ccc(-c3ccc4c(-c5ccc6ccccc6c5)c5ccccc5c(-c5ccccc5)c4c3)cc21. The van der Waals surface area contributed by atoms with E-state index in [-0.39, 0.29) is 5.41 Å². The van der Waals surface area contributed by atoms with Gasteiger partial charge >= 0.3 is 0 Å². The second-order valence-electron chi connectivity index (χ2n) is 12.9. The molecule has 0 atom stereocenters. The van der Waals surface area contributed by atoms with Crippen molar-refractivity contribution in [2.24, 2.45) is 0 Å². The zero-order valence-corrected chi connectivity index (χ0v) is 25.5. The van der Waals surface area contributed by atoms with E-state index in [1.807, 2.05) is 0 Å². The van der Waals surface area contributed by atoms with Crippen molar-refractivity contribution in [2.75, 3.05) is 0 Å². The van der Waals surface area contributed by atoms with E-state index in [0.29, 0.717) is 0 Å². The molecule has 9 rings (SSSR count). The predicted molar refractivity (Wildman–Crippen MR) is 193 cm³/mol. The van der Waals surface area contributed by atoms with Crippen molar-refractivity contribution >= 4 is 32.3 Å². The summed E-state index contributed by atoms with van der Waals surface area (Å²) in [5.74, 6) is 0. The van der Waals surface area contributed by atoms with Crippen molar-refractivity contribution < 1.29 is 0 Å². The third-order valence-electron chi connectivity index (χ3n) is 10.0. The quantitative estimate of drug-likeness (QED) is 0.185. The molecule has 0 heteroatoms. The molecule has 0 amide bonds. The van der Waals surface area contributed by atoms with Crippen LogP contribution in [0.1, 0.15) is 25.0 Å². The molecule has 8 aromatic carbocycles. The van der Waals surface area contributed by atoms with Crippen LogP contribution in [0.15, 0.2) is 158 Å². The lowest BCUT2D eigenvalue weighted by atomic mass is 9.81. The first-order valence-corrected chi connectivity index (χ1v) is 15.9. The number of hydrogen-bond acceptors (Lipinski definition) is 0. The maximum absolute atomic E-state index is 2.44. The van der Waals surface area contributed by atoms with Crippen LogP contribution in [0.3, 0.4) is 0 Å². The van der Waals surface area contributed by atoms with E-state index in [1.165, 1.54) is 88.0 Å². The van der Waals surface area contributed by atoms with Gasteiger partial charge in [0.25, 0.3) is 0 Å². The van der Waals surface area contributed by atoms with Gasteiger partial charge in [-0.1, -0.05) is 153 Å². The Kier molecular flexibility index (Phi) is 5.64. The zero-order chi connectivity index (χ0) is 30.1. The molecule has 0 heterocycles. The van der Waals surface area contributed by atoms with Crippen LogP contribution in [0, 0.1) is 0 Å². The molecule has 0 N–H and O–H groups in total. The first-order chi connectivity index (χ1) is 22.1. The fourth-order valence-corrected chi connectivity index (χ4v) is 7.81. The molecule has 45 heavy (non-hydrogen) atoms. The van der Waals surface area contributed by atoms with Crippen molar-refractivity contribution in [3.05, 3.63) is 169 Å². The van der Waals surface area contributed by atoms with Crippen LogP contribution < -0.4 is 0 Å². The summed E-state index contributed by atoms with van der Waals surface area (Å²) in [5.41, 5.74) is 13.1. The highest BCUT2D eigenvalue weighted by Gasteiger charge is 2.35. The van der Waals surface area contributed by atoms with Crippen molar-refractivity contribution in [3.63, 3.8) is 0 Å². The van der Waals surface area contributed by atoms with Crippen LogP contribution in [0.5, 0.6) is 0 Å². The highest BCUT2D eigenvalue weighted by atomic mass is 14.4. The minimum absolute atomic E-state index is 0.0343. The van der Waals surface area contributed by atoms with E-state index in [9.17, 15) is 0 Å². The lowest BCUT2D eigenvalue weighted by Gasteiger charge is -2.22. The van der Waals surface area contributed by atoms with Crippen LogP contribution in [0.25, 0.3) is 76.8 Å². The first-order valence-electron chi connectivity index (χ1n) is 15.9. The van der Waals surface area contributed by atoms with Gasteiger partial charge in [0, 0.05) is 5.41 Å². The Bertz CT molecular complexity index is 2440. The summed E-state index contributed by atoms with van der Waals surface area (Å²) in [6, 6.07) is 58.5. The molecule has 212 valence electrons. The van der Waals surface area contributed by atoms with Gasteiger partial charge in [-0.25, -0.2) is 0 Å². The Balaban J connectivity index is 1.33. The second kappa shape index (κ2) is 9.78. The molecule has 0 fully saturated rings. The standard InChI is InChI=1S/C45H32/c1-45(2)41-19-11-10-16-35(41)36-24-22-33(28-42(36)45)32-23-25-39-40(27-32)43(30-13-4-3-5-14-30)37-17-8-9-18-38(37)44(39)34-21-20-29-12-6-7-15-31(29)26-34/h3-28H,1-2H3. The minimum Gasteiger partial charge on any atom is -0.0622 e. The number of fused-ring (bicyclic) bond motifs is 6. The van der Waals surface area contributed by atoms with Crippen molar-refractivity contribution in [3.8, 4) is 44.5 Å². The minimum atomic E-state index is -0.0343. The number of rotatable bonds is 3. The highest BCUT2D eigenvalue weighted by molar-refractivity contribution is 6.22. The van der Waals surface area contributed by atoms with Crippen LogP contribution in [-0.4, -0.2) is 0 Å². The van der Waals surface area contributed by atoms with E-state index in [0.717, 1.165) is 0 Å². The molecule has 0 saturated carbocycles. The van der Waals surface area contributed by atoms with Gasteiger partial charge in [-0.3, -0.25) is 0 Å². The normalized spacial score (nSPS) is 13.3. The predicted octanol–water partition coefficient (Wildman–Crippen LogP) is 12.5. The third kappa shape index (κ3) is 3.92. The molecule has 8 aromatic rings. The fraction of sp³-hybridized carbons (Fsp3) is 0.0667. The average molecular weight is 573 g/mol.